The molecule has 0 radical (unpaired) electrons. The van der Waals surface area contributed by atoms with Crippen LogP contribution in [0.5, 0.6) is 0 Å². The quantitative estimate of drug-likeness (QED) is 0.170. The average molecular weight is 720 g/mol. The van der Waals surface area contributed by atoms with Crippen molar-refractivity contribution >= 4 is 81.3 Å². The summed E-state index contributed by atoms with van der Waals surface area (Å²) >= 11 is 1.88. The summed E-state index contributed by atoms with van der Waals surface area (Å²) in [5.74, 6) is 0. The Morgan fingerprint density at radius 1 is 0.364 bits per heavy atom. The van der Waals surface area contributed by atoms with E-state index >= 15 is 0 Å². The lowest BCUT2D eigenvalue weighted by Gasteiger charge is -2.28. The van der Waals surface area contributed by atoms with Crippen molar-refractivity contribution in [2.24, 2.45) is 0 Å². The lowest BCUT2D eigenvalue weighted by molar-refractivity contribution is 0.670. The van der Waals surface area contributed by atoms with E-state index in [1.807, 2.05) is 23.5 Å². The van der Waals surface area contributed by atoms with Gasteiger partial charge in [0.25, 0.3) is 0 Å². The molecule has 0 aliphatic heterocycles. The van der Waals surface area contributed by atoms with Gasteiger partial charge in [0, 0.05) is 58.8 Å². The second-order valence-electron chi connectivity index (χ2n) is 14.0. The van der Waals surface area contributed by atoms with Crippen LogP contribution < -0.4 is 4.90 Å². The van der Waals surface area contributed by atoms with E-state index in [0.717, 1.165) is 50.1 Å². The number of hydrogen-bond donors (Lipinski definition) is 0. The Kier molecular flexibility index (Phi) is 7.39. The maximum atomic E-state index is 6.44. The molecule has 258 valence electrons. The average Bonchev–Trinajstić information content (AvgIpc) is 3.83. The summed E-state index contributed by atoms with van der Waals surface area (Å²) in [6, 6.07) is 72.1. The zero-order chi connectivity index (χ0) is 36.3. The smallest absolute Gasteiger partial charge is 0.143 e. The van der Waals surface area contributed by atoms with Gasteiger partial charge in [-0.15, -0.1) is 11.3 Å². The van der Waals surface area contributed by atoms with Crippen molar-refractivity contribution in [1.82, 2.24) is 0 Å². The third-order valence-electron chi connectivity index (χ3n) is 10.9. The van der Waals surface area contributed by atoms with Gasteiger partial charge in [0.1, 0.15) is 11.2 Å². The molecule has 2 aromatic heterocycles. The van der Waals surface area contributed by atoms with E-state index in [0.29, 0.717) is 0 Å². The Morgan fingerprint density at radius 3 is 1.76 bits per heavy atom. The van der Waals surface area contributed by atoms with Crippen molar-refractivity contribution in [2.75, 3.05) is 4.90 Å². The first-order valence-corrected chi connectivity index (χ1v) is 19.5. The minimum atomic E-state index is 0.908. The van der Waals surface area contributed by atoms with Gasteiger partial charge in [-0.05, 0) is 76.2 Å². The zero-order valence-electron chi connectivity index (χ0n) is 29.8. The van der Waals surface area contributed by atoms with Crippen LogP contribution in [0.15, 0.2) is 205 Å². The zero-order valence-corrected chi connectivity index (χ0v) is 30.6. The molecule has 0 aliphatic rings. The Hall–Kier alpha value is -6.94. The molecule has 0 saturated carbocycles. The van der Waals surface area contributed by atoms with Crippen molar-refractivity contribution in [3.63, 3.8) is 0 Å². The molecule has 0 aliphatic carbocycles. The molecule has 3 heteroatoms. The molecule has 0 N–H and O–H groups in total. The van der Waals surface area contributed by atoms with Crippen molar-refractivity contribution in [1.29, 1.82) is 0 Å². The lowest BCUT2D eigenvalue weighted by Crippen LogP contribution is -2.11. The molecule has 2 heterocycles. The molecule has 11 aromatic rings. The molecule has 0 spiro atoms. The fourth-order valence-corrected chi connectivity index (χ4v) is 9.51. The number of anilines is 3. The first-order chi connectivity index (χ1) is 27.3. The molecule has 55 heavy (non-hydrogen) atoms. The van der Waals surface area contributed by atoms with Gasteiger partial charge in [-0.2, -0.15) is 0 Å². The Bertz CT molecular complexity index is 3190. The van der Waals surface area contributed by atoms with E-state index in [1.165, 1.54) is 53.2 Å². The number of rotatable bonds is 6. The van der Waals surface area contributed by atoms with Gasteiger partial charge in [-0.1, -0.05) is 152 Å². The van der Waals surface area contributed by atoms with Crippen molar-refractivity contribution < 1.29 is 4.42 Å². The fourth-order valence-electron chi connectivity index (χ4n) is 8.30. The summed E-state index contributed by atoms with van der Waals surface area (Å²) < 4.78 is 9.04. The Morgan fingerprint density at radius 2 is 0.964 bits per heavy atom. The largest absolute Gasteiger partial charge is 0.455 e. The number of fused-ring (bicyclic) bond motifs is 8. The fraction of sp³-hybridized carbons (Fsp3) is 0. The molecule has 0 atom stereocenters. The van der Waals surface area contributed by atoms with Crippen LogP contribution in [-0.4, -0.2) is 0 Å². The Balaban J connectivity index is 1.11. The summed E-state index contributed by atoms with van der Waals surface area (Å²) in [6.45, 7) is 0. The van der Waals surface area contributed by atoms with Crippen LogP contribution in [0.2, 0.25) is 0 Å². The normalized spacial score (nSPS) is 11.6. The lowest BCUT2D eigenvalue weighted by atomic mass is 9.95. The molecule has 0 bridgehead atoms. The minimum Gasteiger partial charge on any atom is -0.455 e. The van der Waals surface area contributed by atoms with Crippen LogP contribution in [0, 0.1) is 0 Å². The van der Waals surface area contributed by atoms with Crippen LogP contribution in [0.3, 0.4) is 0 Å². The summed E-state index contributed by atoms with van der Waals surface area (Å²) in [5.41, 5.74) is 12.2. The third-order valence-corrected chi connectivity index (χ3v) is 12.1. The summed E-state index contributed by atoms with van der Waals surface area (Å²) in [6.07, 6.45) is 0. The predicted molar refractivity (Wildman–Crippen MR) is 235 cm³/mol. The van der Waals surface area contributed by atoms with Crippen LogP contribution in [0.1, 0.15) is 0 Å². The van der Waals surface area contributed by atoms with Gasteiger partial charge in [0.05, 0.1) is 5.69 Å². The molecule has 9 aromatic carbocycles. The predicted octanol–water partition coefficient (Wildman–Crippen LogP) is 15.6. The van der Waals surface area contributed by atoms with Crippen molar-refractivity contribution in [2.45, 2.75) is 0 Å². The van der Waals surface area contributed by atoms with E-state index in [4.69, 9.17) is 4.42 Å². The van der Waals surface area contributed by atoms with Crippen LogP contribution in [0.4, 0.5) is 17.1 Å². The number of thiophene rings is 1. The molecule has 0 fully saturated rings. The molecule has 0 unspecified atom stereocenters. The summed E-state index contributed by atoms with van der Waals surface area (Å²) in [4.78, 5) is 2.41. The molecule has 0 amide bonds. The van der Waals surface area contributed by atoms with E-state index in [1.54, 1.807) is 0 Å². The van der Waals surface area contributed by atoms with E-state index in [2.05, 4.69) is 193 Å². The highest BCUT2D eigenvalue weighted by Crippen LogP contribution is 2.47. The highest BCUT2D eigenvalue weighted by molar-refractivity contribution is 7.26. The second kappa shape index (κ2) is 12.9. The van der Waals surface area contributed by atoms with Crippen molar-refractivity contribution in [3.05, 3.63) is 200 Å². The second-order valence-corrected chi connectivity index (χ2v) is 15.1. The summed E-state index contributed by atoms with van der Waals surface area (Å²) in [5, 5.41) is 7.39. The molecule has 0 saturated heterocycles. The van der Waals surface area contributed by atoms with E-state index in [-0.39, 0.29) is 0 Å². The third kappa shape index (κ3) is 5.24. The maximum absolute atomic E-state index is 6.44. The monoisotopic (exact) mass is 719 g/mol. The highest BCUT2D eigenvalue weighted by Gasteiger charge is 2.20. The number of furan rings is 1. The summed E-state index contributed by atoms with van der Waals surface area (Å²) in [7, 11) is 0. The van der Waals surface area contributed by atoms with Crippen LogP contribution >= 0.6 is 11.3 Å². The first kappa shape index (κ1) is 31.6. The standard InChI is InChI=1S/C52H33NOS/c1-3-14-34(15-4-1)39-18-9-11-24-48(39)53(37-28-26-36(27-29-37)40-22-13-23-43-42-20-10-12-25-49(42)54-51(40)43)38-30-31-50-46(32-38)47-33-45(35-16-5-2-6-17-35)41-19-7-8-21-44(41)52(47)55-50/h1-33H. The van der Waals surface area contributed by atoms with Gasteiger partial charge in [0.2, 0.25) is 0 Å². The number of hydrogen-bond acceptors (Lipinski definition) is 3. The van der Waals surface area contributed by atoms with Gasteiger partial charge >= 0.3 is 0 Å². The molecular weight excluding hydrogens is 687 g/mol. The topological polar surface area (TPSA) is 16.4 Å². The Labute approximate surface area is 322 Å². The highest BCUT2D eigenvalue weighted by atomic mass is 32.1. The van der Waals surface area contributed by atoms with Gasteiger partial charge in [-0.25, -0.2) is 0 Å². The minimum absolute atomic E-state index is 0.908. The number of nitrogens with zero attached hydrogens (tertiary/aromatic N) is 1. The number of benzene rings is 9. The molecule has 2 nitrogen and oxygen atoms in total. The van der Waals surface area contributed by atoms with Gasteiger partial charge in [0.15, 0.2) is 0 Å². The van der Waals surface area contributed by atoms with Crippen LogP contribution in [-0.2, 0) is 0 Å². The molecule has 11 rings (SSSR count). The first-order valence-electron chi connectivity index (χ1n) is 18.7. The maximum Gasteiger partial charge on any atom is 0.143 e. The number of para-hydroxylation sites is 3. The van der Waals surface area contributed by atoms with E-state index in [9.17, 15) is 0 Å². The van der Waals surface area contributed by atoms with E-state index < -0.39 is 0 Å². The van der Waals surface area contributed by atoms with Gasteiger partial charge < -0.3 is 9.32 Å². The molecular formula is C52H33NOS. The van der Waals surface area contributed by atoms with Crippen molar-refractivity contribution in [3.8, 4) is 33.4 Å². The van der Waals surface area contributed by atoms with Gasteiger partial charge in [-0.3, -0.25) is 0 Å². The SMILES string of the molecule is c1ccc(-c2ccccc2N(c2ccc(-c3cccc4c3oc3ccccc34)cc2)c2ccc3sc4c5ccccc5c(-c5ccccc5)cc4c3c2)cc1. The van der Waals surface area contributed by atoms with Crippen LogP contribution in [0.25, 0.3) is 86.3 Å².